The number of amides is 2. The summed E-state index contributed by atoms with van der Waals surface area (Å²) >= 11 is 5.58. The number of fused-ring (bicyclic) bond motifs is 1. The third-order valence-corrected chi connectivity index (χ3v) is 4.25. The van der Waals surface area contributed by atoms with Crippen LogP contribution in [0.15, 0.2) is 48.7 Å². The monoisotopic (exact) mass is 420 g/mol. The number of ether oxygens (including phenoxy) is 3. The molecule has 2 aromatic rings. The summed E-state index contributed by atoms with van der Waals surface area (Å²) in [6.07, 6.45) is 0.319. The summed E-state index contributed by atoms with van der Waals surface area (Å²) in [5.74, 6) is -0.307. The number of hydrogen-bond acceptors (Lipinski definition) is 5. The van der Waals surface area contributed by atoms with Crippen LogP contribution in [0.3, 0.4) is 0 Å². The molecule has 1 aliphatic rings. The van der Waals surface area contributed by atoms with Gasteiger partial charge in [-0.3, -0.25) is 9.59 Å². The van der Waals surface area contributed by atoms with E-state index < -0.39 is 11.7 Å². The van der Waals surface area contributed by atoms with E-state index in [4.69, 9.17) is 25.8 Å². The highest BCUT2D eigenvalue weighted by Crippen LogP contribution is 2.35. The van der Waals surface area contributed by atoms with Crippen molar-refractivity contribution >= 4 is 23.4 Å². The number of carbonyl (C=O) groups is 2. The topological polar surface area (TPSA) is 85.9 Å². The van der Waals surface area contributed by atoms with Crippen LogP contribution in [-0.2, 0) is 4.79 Å². The van der Waals surface area contributed by atoms with Crippen LogP contribution in [0.5, 0.6) is 17.2 Å². The minimum atomic E-state index is -0.627. The maximum atomic E-state index is 13.3. The fourth-order valence-corrected chi connectivity index (χ4v) is 2.64. The summed E-state index contributed by atoms with van der Waals surface area (Å²) in [4.78, 5) is 24.2. The molecule has 0 fully saturated rings. The van der Waals surface area contributed by atoms with E-state index in [9.17, 15) is 14.0 Å². The Hall–Kier alpha value is -3.26. The summed E-state index contributed by atoms with van der Waals surface area (Å²) in [7, 11) is 0. The number of hydrogen-bond donors (Lipinski definition) is 2. The van der Waals surface area contributed by atoms with E-state index in [1.165, 1.54) is 12.1 Å². The van der Waals surface area contributed by atoms with E-state index in [0.29, 0.717) is 29.2 Å². The van der Waals surface area contributed by atoms with Gasteiger partial charge in [0, 0.05) is 24.7 Å². The number of benzene rings is 2. The molecule has 0 unspecified atom stereocenters. The number of para-hydroxylation sites is 1. The van der Waals surface area contributed by atoms with Crippen LogP contribution >= 0.6 is 11.6 Å². The fourth-order valence-electron chi connectivity index (χ4n) is 2.52. The molecular weight excluding hydrogens is 403 g/mol. The van der Waals surface area contributed by atoms with Gasteiger partial charge in [0.25, 0.3) is 11.8 Å². The standard InChI is InChI=1S/C20H18ClFN2O5/c1-12(24-20(26)14-3-2-4-17-19(14)29-11-28-17)7-8-23-18(25)10-27-13-5-6-15(21)16(22)9-13/h2-6,9H,1,7-8,10-11H2,(H,23,25)(H,24,26). The molecule has 0 radical (unpaired) electrons. The van der Waals surface area contributed by atoms with Gasteiger partial charge in [-0.1, -0.05) is 24.2 Å². The summed E-state index contributed by atoms with van der Waals surface area (Å²) in [6.45, 7) is 3.80. The Morgan fingerprint density at radius 3 is 2.86 bits per heavy atom. The minimum absolute atomic E-state index is 0.0260. The lowest BCUT2D eigenvalue weighted by molar-refractivity contribution is -0.123. The second kappa shape index (κ2) is 9.29. The third-order valence-electron chi connectivity index (χ3n) is 3.94. The van der Waals surface area contributed by atoms with Gasteiger partial charge in [-0.15, -0.1) is 0 Å². The van der Waals surface area contributed by atoms with E-state index in [1.807, 2.05) is 0 Å². The van der Waals surface area contributed by atoms with Crippen LogP contribution in [0.25, 0.3) is 0 Å². The lowest BCUT2D eigenvalue weighted by Crippen LogP contribution is -2.31. The maximum Gasteiger partial charge on any atom is 0.259 e. The van der Waals surface area contributed by atoms with Gasteiger partial charge in [-0.2, -0.15) is 0 Å². The van der Waals surface area contributed by atoms with Crippen LogP contribution in [0, 0.1) is 5.82 Å². The average Bonchev–Trinajstić information content (AvgIpc) is 3.17. The molecule has 1 aliphatic heterocycles. The zero-order valence-electron chi connectivity index (χ0n) is 15.3. The van der Waals surface area contributed by atoms with Crippen LogP contribution in [0.4, 0.5) is 4.39 Å². The molecule has 0 bridgehead atoms. The Balaban J connectivity index is 1.39. The average molecular weight is 421 g/mol. The number of rotatable bonds is 8. The van der Waals surface area contributed by atoms with Crippen molar-refractivity contribution in [2.24, 2.45) is 0 Å². The maximum absolute atomic E-state index is 13.3. The van der Waals surface area contributed by atoms with Crippen molar-refractivity contribution in [1.29, 1.82) is 0 Å². The van der Waals surface area contributed by atoms with Crippen LogP contribution < -0.4 is 24.8 Å². The molecule has 2 amide bonds. The molecule has 3 rings (SSSR count). The van der Waals surface area contributed by atoms with E-state index >= 15 is 0 Å². The predicted octanol–water partition coefficient (Wildman–Crippen LogP) is 3.04. The van der Waals surface area contributed by atoms with Gasteiger partial charge in [0.05, 0.1) is 10.6 Å². The van der Waals surface area contributed by atoms with Crippen molar-refractivity contribution in [3.63, 3.8) is 0 Å². The Kier molecular flexibility index (Phi) is 6.56. The SMILES string of the molecule is C=C(CCNC(=O)COc1ccc(Cl)c(F)c1)NC(=O)c1cccc2c1OCO2. The molecule has 0 saturated heterocycles. The van der Waals surface area contributed by atoms with Gasteiger partial charge in [-0.05, 0) is 24.3 Å². The van der Waals surface area contributed by atoms with Gasteiger partial charge in [0.15, 0.2) is 18.1 Å². The molecule has 1 heterocycles. The molecule has 152 valence electrons. The largest absolute Gasteiger partial charge is 0.484 e. The highest BCUT2D eigenvalue weighted by Gasteiger charge is 2.21. The van der Waals surface area contributed by atoms with E-state index in [1.54, 1.807) is 18.2 Å². The van der Waals surface area contributed by atoms with Gasteiger partial charge >= 0.3 is 0 Å². The molecule has 0 saturated carbocycles. The molecule has 0 atom stereocenters. The number of nitrogens with one attached hydrogen (secondary N) is 2. The Bertz CT molecular complexity index is 950. The number of halogens is 2. The normalized spacial score (nSPS) is 11.7. The Labute approximate surface area is 171 Å². The molecule has 0 spiro atoms. The van der Waals surface area contributed by atoms with Gasteiger partial charge in [-0.25, -0.2) is 4.39 Å². The molecule has 29 heavy (non-hydrogen) atoms. The van der Waals surface area contributed by atoms with Crippen molar-refractivity contribution < 1.29 is 28.2 Å². The summed E-state index contributed by atoms with van der Waals surface area (Å²) in [5.41, 5.74) is 0.765. The van der Waals surface area contributed by atoms with Crippen molar-refractivity contribution in [2.75, 3.05) is 19.9 Å². The number of carbonyl (C=O) groups excluding carboxylic acids is 2. The summed E-state index contributed by atoms with van der Waals surface area (Å²) in [6, 6.07) is 8.93. The molecule has 7 nitrogen and oxygen atoms in total. The van der Waals surface area contributed by atoms with Gasteiger partial charge in [0.2, 0.25) is 6.79 Å². The van der Waals surface area contributed by atoms with Crippen LogP contribution in [-0.4, -0.2) is 31.8 Å². The quantitative estimate of drug-likeness (QED) is 0.685. The zero-order valence-corrected chi connectivity index (χ0v) is 16.1. The van der Waals surface area contributed by atoms with Gasteiger partial charge < -0.3 is 24.8 Å². The molecule has 2 aromatic carbocycles. The van der Waals surface area contributed by atoms with Crippen LogP contribution in [0.1, 0.15) is 16.8 Å². The molecular formula is C20H18ClFN2O5. The lowest BCUT2D eigenvalue weighted by Gasteiger charge is -2.11. The first kappa shape index (κ1) is 20.5. The molecule has 0 aliphatic carbocycles. The molecule has 9 heteroatoms. The summed E-state index contributed by atoms with van der Waals surface area (Å²) in [5, 5.41) is 5.26. The second-order valence-corrected chi connectivity index (χ2v) is 6.47. The molecule has 0 aromatic heterocycles. The minimum Gasteiger partial charge on any atom is -0.484 e. The van der Waals surface area contributed by atoms with E-state index in [-0.39, 0.29) is 36.6 Å². The van der Waals surface area contributed by atoms with Crippen molar-refractivity contribution in [2.45, 2.75) is 6.42 Å². The Morgan fingerprint density at radius 2 is 2.07 bits per heavy atom. The first-order valence-corrected chi connectivity index (χ1v) is 9.04. The van der Waals surface area contributed by atoms with Crippen molar-refractivity contribution in [3.8, 4) is 17.2 Å². The van der Waals surface area contributed by atoms with E-state index in [0.717, 1.165) is 6.07 Å². The third kappa shape index (κ3) is 5.39. The van der Waals surface area contributed by atoms with Gasteiger partial charge in [0.1, 0.15) is 11.6 Å². The zero-order chi connectivity index (χ0) is 20.8. The van der Waals surface area contributed by atoms with Crippen molar-refractivity contribution in [1.82, 2.24) is 10.6 Å². The lowest BCUT2D eigenvalue weighted by atomic mass is 10.1. The Morgan fingerprint density at radius 1 is 1.24 bits per heavy atom. The smallest absolute Gasteiger partial charge is 0.259 e. The highest BCUT2D eigenvalue weighted by molar-refractivity contribution is 6.30. The second-order valence-electron chi connectivity index (χ2n) is 6.06. The first-order chi connectivity index (χ1) is 13.9. The van der Waals surface area contributed by atoms with Crippen LogP contribution in [0.2, 0.25) is 5.02 Å². The fraction of sp³-hybridized carbons (Fsp3) is 0.200. The summed E-state index contributed by atoms with van der Waals surface area (Å²) < 4.78 is 29.1. The first-order valence-electron chi connectivity index (χ1n) is 8.66. The predicted molar refractivity (Wildman–Crippen MR) is 104 cm³/mol. The van der Waals surface area contributed by atoms with Crippen molar-refractivity contribution in [3.05, 3.63) is 65.1 Å². The highest BCUT2D eigenvalue weighted by atomic mass is 35.5. The van der Waals surface area contributed by atoms with E-state index in [2.05, 4.69) is 17.2 Å². The molecule has 2 N–H and O–H groups in total.